The number of carboxylic acid groups (broad SMARTS) is 1. The molecule has 2 aromatic rings. The third-order valence-corrected chi connectivity index (χ3v) is 4.43. The molecule has 3 rings (SSSR count). The molecule has 1 amide bonds. The van der Waals surface area contributed by atoms with E-state index in [4.69, 9.17) is 16.7 Å². The van der Waals surface area contributed by atoms with Gasteiger partial charge in [0.25, 0.3) is 0 Å². The number of carbonyl (C=O) groups excluding carboxylic acids is 1. The molecule has 1 saturated heterocycles. The van der Waals surface area contributed by atoms with E-state index in [9.17, 15) is 9.59 Å². The van der Waals surface area contributed by atoms with E-state index in [2.05, 4.69) is 4.98 Å². The summed E-state index contributed by atoms with van der Waals surface area (Å²) in [4.78, 5) is 28.3. The Morgan fingerprint density at radius 1 is 1.41 bits per heavy atom. The highest BCUT2D eigenvalue weighted by atomic mass is 35.5. The molecule has 6 heteroatoms. The third-order valence-electron chi connectivity index (χ3n) is 4.19. The van der Waals surface area contributed by atoms with Gasteiger partial charge < -0.3 is 15.0 Å². The molecular formula is C16H17ClN2O3. The first-order chi connectivity index (χ1) is 10.5. The SMILES string of the molecule is O=C(O)C1CCCN(C(=O)Cc2c[nH]c3cc(Cl)ccc23)C1. The lowest BCUT2D eigenvalue weighted by atomic mass is 9.97. The maximum Gasteiger partial charge on any atom is 0.308 e. The predicted molar refractivity (Wildman–Crippen MR) is 84.0 cm³/mol. The van der Waals surface area contributed by atoms with Crippen LogP contribution in [0.1, 0.15) is 18.4 Å². The number of benzene rings is 1. The van der Waals surface area contributed by atoms with Gasteiger partial charge in [0.2, 0.25) is 5.91 Å². The Hall–Kier alpha value is -2.01. The van der Waals surface area contributed by atoms with Crippen molar-refractivity contribution in [3.8, 4) is 0 Å². The van der Waals surface area contributed by atoms with E-state index in [1.807, 2.05) is 18.3 Å². The molecule has 2 heterocycles. The maximum absolute atomic E-state index is 12.4. The average molecular weight is 321 g/mol. The number of nitrogens with zero attached hydrogens (tertiary/aromatic N) is 1. The molecule has 0 aliphatic carbocycles. The van der Waals surface area contributed by atoms with Crippen LogP contribution in [0.5, 0.6) is 0 Å². The number of aromatic nitrogens is 1. The summed E-state index contributed by atoms with van der Waals surface area (Å²) in [5, 5.41) is 10.7. The number of aromatic amines is 1. The lowest BCUT2D eigenvalue weighted by Gasteiger charge is -2.30. The van der Waals surface area contributed by atoms with Crippen LogP contribution < -0.4 is 0 Å². The van der Waals surface area contributed by atoms with Crippen molar-refractivity contribution < 1.29 is 14.7 Å². The van der Waals surface area contributed by atoms with E-state index in [0.717, 1.165) is 22.9 Å². The van der Waals surface area contributed by atoms with Gasteiger partial charge in [-0.25, -0.2) is 0 Å². The molecule has 0 bridgehead atoms. The van der Waals surface area contributed by atoms with Crippen molar-refractivity contribution in [2.75, 3.05) is 13.1 Å². The first-order valence-corrected chi connectivity index (χ1v) is 7.68. The Kier molecular flexibility index (Phi) is 4.07. The van der Waals surface area contributed by atoms with Crippen molar-refractivity contribution in [1.29, 1.82) is 0 Å². The van der Waals surface area contributed by atoms with Gasteiger partial charge >= 0.3 is 5.97 Å². The van der Waals surface area contributed by atoms with Gasteiger partial charge in [-0.15, -0.1) is 0 Å². The molecule has 0 saturated carbocycles. The van der Waals surface area contributed by atoms with Gasteiger partial charge in [-0.1, -0.05) is 17.7 Å². The smallest absolute Gasteiger partial charge is 0.308 e. The highest BCUT2D eigenvalue weighted by Crippen LogP contribution is 2.24. The molecule has 1 aromatic heterocycles. The van der Waals surface area contributed by atoms with Crippen LogP contribution in [0.4, 0.5) is 0 Å². The van der Waals surface area contributed by atoms with E-state index in [0.29, 0.717) is 24.5 Å². The van der Waals surface area contributed by atoms with Crippen molar-refractivity contribution in [2.24, 2.45) is 5.92 Å². The van der Waals surface area contributed by atoms with Crippen LogP contribution >= 0.6 is 11.6 Å². The summed E-state index contributed by atoms with van der Waals surface area (Å²) in [6, 6.07) is 5.52. The van der Waals surface area contributed by atoms with Gasteiger partial charge in [-0.3, -0.25) is 9.59 Å². The Labute approximate surface area is 132 Å². The summed E-state index contributed by atoms with van der Waals surface area (Å²) in [5.74, 6) is -1.29. The van der Waals surface area contributed by atoms with Crippen molar-refractivity contribution in [2.45, 2.75) is 19.3 Å². The highest BCUT2D eigenvalue weighted by molar-refractivity contribution is 6.31. The fourth-order valence-corrected chi connectivity index (χ4v) is 3.16. The number of rotatable bonds is 3. The molecule has 1 fully saturated rings. The minimum Gasteiger partial charge on any atom is -0.481 e. The van der Waals surface area contributed by atoms with Crippen LogP contribution in [-0.4, -0.2) is 40.0 Å². The summed E-state index contributed by atoms with van der Waals surface area (Å²) in [5.41, 5.74) is 1.81. The lowest BCUT2D eigenvalue weighted by molar-refractivity contribution is -0.145. The van der Waals surface area contributed by atoms with E-state index in [1.54, 1.807) is 11.0 Å². The minimum atomic E-state index is -0.820. The highest BCUT2D eigenvalue weighted by Gasteiger charge is 2.28. The number of aliphatic carboxylic acids is 1. The van der Waals surface area contributed by atoms with E-state index >= 15 is 0 Å². The second-order valence-electron chi connectivity index (χ2n) is 5.70. The van der Waals surface area contributed by atoms with Crippen LogP contribution in [0.25, 0.3) is 10.9 Å². The quantitative estimate of drug-likeness (QED) is 0.913. The fraction of sp³-hybridized carbons (Fsp3) is 0.375. The molecule has 0 spiro atoms. The van der Waals surface area contributed by atoms with Gasteiger partial charge in [0.1, 0.15) is 0 Å². The molecule has 22 heavy (non-hydrogen) atoms. The zero-order chi connectivity index (χ0) is 15.7. The molecule has 1 aromatic carbocycles. The number of hydrogen-bond donors (Lipinski definition) is 2. The van der Waals surface area contributed by atoms with Crippen molar-refractivity contribution in [3.05, 3.63) is 35.0 Å². The monoisotopic (exact) mass is 320 g/mol. The molecule has 1 unspecified atom stereocenters. The molecule has 5 nitrogen and oxygen atoms in total. The van der Waals surface area contributed by atoms with Crippen LogP contribution in [0.15, 0.2) is 24.4 Å². The third kappa shape index (κ3) is 2.95. The van der Waals surface area contributed by atoms with E-state index < -0.39 is 11.9 Å². The van der Waals surface area contributed by atoms with Crippen molar-refractivity contribution in [3.63, 3.8) is 0 Å². The maximum atomic E-state index is 12.4. The van der Waals surface area contributed by atoms with Crippen LogP contribution in [-0.2, 0) is 16.0 Å². The van der Waals surface area contributed by atoms with Gasteiger partial charge in [-0.2, -0.15) is 0 Å². The Bertz CT molecular complexity index is 725. The number of halogens is 1. The normalized spacial score (nSPS) is 18.6. The number of carbonyl (C=O) groups is 2. The number of hydrogen-bond acceptors (Lipinski definition) is 2. The number of nitrogens with one attached hydrogen (secondary N) is 1. The zero-order valence-electron chi connectivity index (χ0n) is 12.0. The molecular weight excluding hydrogens is 304 g/mol. The Morgan fingerprint density at radius 2 is 2.23 bits per heavy atom. The molecule has 1 aliphatic rings. The fourth-order valence-electron chi connectivity index (χ4n) is 2.98. The lowest BCUT2D eigenvalue weighted by Crippen LogP contribution is -2.42. The number of likely N-dealkylation sites (tertiary alicyclic amines) is 1. The summed E-state index contributed by atoms with van der Waals surface area (Å²) < 4.78 is 0. The topological polar surface area (TPSA) is 73.4 Å². The molecule has 2 N–H and O–H groups in total. The summed E-state index contributed by atoms with van der Waals surface area (Å²) in [6.07, 6.45) is 3.47. The predicted octanol–water partition coefficient (Wildman–Crippen LogP) is 2.69. The Morgan fingerprint density at radius 3 is 3.00 bits per heavy atom. The zero-order valence-corrected chi connectivity index (χ0v) is 12.8. The van der Waals surface area contributed by atoms with Crippen molar-refractivity contribution >= 4 is 34.4 Å². The van der Waals surface area contributed by atoms with Gasteiger partial charge in [0.05, 0.1) is 12.3 Å². The van der Waals surface area contributed by atoms with E-state index in [-0.39, 0.29) is 12.3 Å². The molecule has 1 aliphatic heterocycles. The second-order valence-corrected chi connectivity index (χ2v) is 6.13. The second kappa shape index (κ2) is 6.01. The largest absolute Gasteiger partial charge is 0.481 e. The summed E-state index contributed by atoms with van der Waals surface area (Å²) >= 11 is 5.95. The van der Waals surface area contributed by atoms with E-state index in [1.165, 1.54) is 0 Å². The minimum absolute atomic E-state index is 0.0261. The van der Waals surface area contributed by atoms with Crippen LogP contribution in [0, 0.1) is 5.92 Å². The number of amides is 1. The Balaban J connectivity index is 1.74. The number of piperidine rings is 1. The van der Waals surface area contributed by atoms with Gasteiger partial charge in [0, 0.05) is 35.2 Å². The standard InChI is InChI=1S/C16H17ClN2O3/c17-12-3-4-13-11(8-18-14(13)7-12)6-15(20)19-5-1-2-10(9-19)16(21)22/h3-4,7-8,10,18H,1-2,5-6,9H2,(H,21,22). The van der Waals surface area contributed by atoms with Crippen LogP contribution in [0.3, 0.4) is 0 Å². The summed E-state index contributed by atoms with van der Waals surface area (Å²) in [7, 11) is 0. The van der Waals surface area contributed by atoms with Gasteiger partial charge in [-0.05, 0) is 30.5 Å². The van der Waals surface area contributed by atoms with Gasteiger partial charge in [0.15, 0.2) is 0 Å². The molecule has 116 valence electrons. The average Bonchev–Trinajstić information content (AvgIpc) is 2.89. The first kappa shape index (κ1) is 14.9. The van der Waals surface area contributed by atoms with Crippen molar-refractivity contribution in [1.82, 2.24) is 9.88 Å². The number of carboxylic acids is 1. The first-order valence-electron chi connectivity index (χ1n) is 7.30. The number of H-pyrrole nitrogens is 1. The summed E-state index contributed by atoms with van der Waals surface area (Å²) in [6.45, 7) is 0.944. The molecule has 0 radical (unpaired) electrons. The van der Waals surface area contributed by atoms with Crippen LogP contribution in [0.2, 0.25) is 5.02 Å². The number of fused-ring (bicyclic) bond motifs is 1. The molecule has 1 atom stereocenters.